The van der Waals surface area contributed by atoms with Crippen LogP contribution >= 0.6 is 27.5 Å². The van der Waals surface area contributed by atoms with Gasteiger partial charge >= 0.3 is 5.97 Å². The highest BCUT2D eigenvalue weighted by molar-refractivity contribution is 9.10. The molecule has 0 aromatic heterocycles. The van der Waals surface area contributed by atoms with Crippen LogP contribution in [0, 0.1) is 11.8 Å². The number of ether oxygens (including phenoxy) is 1. The van der Waals surface area contributed by atoms with Crippen LogP contribution in [0.1, 0.15) is 35.7 Å². The summed E-state index contributed by atoms with van der Waals surface area (Å²) in [5.41, 5.74) is 1.16. The Morgan fingerprint density at radius 2 is 1.81 bits per heavy atom. The Bertz CT molecular complexity index is 891. The van der Waals surface area contributed by atoms with Gasteiger partial charge in [0.25, 0.3) is 0 Å². The molecule has 1 heterocycles. The molecule has 0 saturated carbocycles. The second kappa shape index (κ2) is 7.33. The molecule has 26 heavy (non-hydrogen) atoms. The van der Waals surface area contributed by atoms with E-state index in [-0.39, 0.29) is 11.6 Å². The molecule has 2 aromatic rings. The maximum atomic E-state index is 13.0. The molecule has 0 spiro atoms. The Kier molecular flexibility index (Phi) is 5.30. The maximum Gasteiger partial charge on any atom is 0.322 e. The van der Waals surface area contributed by atoms with Crippen LogP contribution in [0.5, 0.6) is 5.75 Å². The molecule has 6 heteroatoms. The molecule has 0 radical (unpaired) electrons. The summed E-state index contributed by atoms with van der Waals surface area (Å²) in [5, 5.41) is 0.534. The van der Waals surface area contributed by atoms with Crippen LogP contribution in [0.4, 0.5) is 0 Å². The van der Waals surface area contributed by atoms with Gasteiger partial charge in [0.15, 0.2) is 5.78 Å². The first-order valence-electron chi connectivity index (χ1n) is 8.11. The van der Waals surface area contributed by atoms with Crippen molar-refractivity contribution in [3.8, 4) is 5.75 Å². The van der Waals surface area contributed by atoms with Crippen LogP contribution < -0.4 is 4.74 Å². The molecule has 0 bridgehead atoms. The van der Waals surface area contributed by atoms with Gasteiger partial charge in [-0.25, -0.2) is 0 Å². The van der Waals surface area contributed by atoms with Crippen molar-refractivity contribution in [1.29, 1.82) is 0 Å². The highest BCUT2D eigenvalue weighted by Crippen LogP contribution is 2.44. The third-order valence-corrected chi connectivity index (χ3v) is 5.42. The number of benzene rings is 2. The first-order valence-corrected chi connectivity index (χ1v) is 9.28. The lowest BCUT2D eigenvalue weighted by molar-refractivity contribution is -0.146. The number of Topliss-reactive ketones (excluding diaryl/α,β-unsaturated/α-hetero) is 2. The lowest BCUT2D eigenvalue weighted by Gasteiger charge is -2.34. The number of rotatable bonds is 4. The maximum absolute atomic E-state index is 13.0. The number of hydrogen-bond donors (Lipinski definition) is 0. The van der Waals surface area contributed by atoms with Crippen LogP contribution in [0.3, 0.4) is 0 Å². The first-order chi connectivity index (χ1) is 12.3. The van der Waals surface area contributed by atoms with Gasteiger partial charge in [-0.3, -0.25) is 14.4 Å². The second-order valence-electron chi connectivity index (χ2n) is 6.38. The van der Waals surface area contributed by atoms with Crippen LogP contribution in [-0.2, 0) is 9.59 Å². The van der Waals surface area contributed by atoms with Gasteiger partial charge in [-0.1, -0.05) is 34.5 Å². The third-order valence-electron chi connectivity index (χ3n) is 4.67. The quantitative estimate of drug-likeness (QED) is 0.299. The smallest absolute Gasteiger partial charge is 0.322 e. The second-order valence-corrected chi connectivity index (χ2v) is 7.73. The standard InChI is InChI=1S/C20H16BrClO4/c1-10(19(24)12-3-6-14(22)7-4-12)17-15-9-13(21)5-8-16(15)26-20(25)18(17)11(2)23/h3-10,17-18H,1-2H3. The molecule has 0 saturated heterocycles. The zero-order chi connectivity index (χ0) is 19.0. The largest absolute Gasteiger partial charge is 0.426 e. The van der Waals surface area contributed by atoms with Gasteiger partial charge in [0.2, 0.25) is 0 Å². The van der Waals surface area contributed by atoms with E-state index in [0.29, 0.717) is 21.9 Å². The predicted molar refractivity (Wildman–Crippen MR) is 102 cm³/mol. The van der Waals surface area contributed by atoms with Gasteiger partial charge in [-0.2, -0.15) is 0 Å². The van der Waals surface area contributed by atoms with E-state index in [1.165, 1.54) is 6.92 Å². The SMILES string of the molecule is CC(=O)C1C(=O)Oc2ccc(Br)cc2C1C(C)C(=O)c1ccc(Cl)cc1. The number of halogens is 2. The lowest BCUT2D eigenvalue weighted by Crippen LogP contribution is -2.40. The number of carbonyl (C=O) groups excluding carboxylic acids is 3. The molecule has 0 amide bonds. The van der Waals surface area contributed by atoms with E-state index in [1.807, 2.05) is 0 Å². The van der Waals surface area contributed by atoms with Crippen molar-refractivity contribution in [1.82, 2.24) is 0 Å². The molecule has 134 valence electrons. The Labute approximate surface area is 164 Å². The zero-order valence-corrected chi connectivity index (χ0v) is 16.5. The van der Waals surface area contributed by atoms with E-state index in [9.17, 15) is 14.4 Å². The van der Waals surface area contributed by atoms with Gasteiger partial charge < -0.3 is 4.74 Å². The fraction of sp³-hybridized carbons (Fsp3) is 0.250. The lowest BCUT2D eigenvalue weighted by atomic mass is 9.72. The molecule has 3 unspecified atom stereocenters. The average molecular weight is 436 g/mol. The van der Waals surface area contributed by atoms with E-state index >= 15 is 0 Å². The molecule has 3 rings (SSSR count). The Balaban J connectivity index is 2.07. The van der Waals surface area contributed by atoms with Crippen LogP contribution in [0.15, 0.2) is 46.9 Å². The van der Waals surface area contributed by atoms with Crippen molar-refractivity contribution in [3.63, 3.8) is 0 Å². The Morgan fingerprint density at radius 1 is 1.15 bits per heavy atom. The Hall–Kier alpha value is -1.98. The normalized spacial score (nSPS) is 20.1. The van der Waals surface area contributed by atoms with Crippen LogP contribution in [-0.4, -0.2) is 17.5 Å². The predicted octanol–water partition coefficient (Wildman–Crippen LogP) is 4.83. The van der Waals surface area contributed by atoms with Gasteiger partial charge in [0.1, 0.15) is 17.5 Å². The van der Waals surface area contributed by atoms with Gasteiger partial charge in [-0.05, 0) is 49.4 Å². The summed E-state index contributed by atoms with van der Waals surface area (Å²) in [7, 11) is 0. The zero-order valence-electron chi connectivity index (χ0n) is 14.2. The summed E-state index contributed by atoms with van der Waals surface area (Å²) in [5.74, 6) is -2.90. The molecular formula is C20H16BrClO4. The van der Waals surface area contributed by atoms with Crippen LogP contribution in [0.2, 0.25) is 5.02 Å². The molecule has 1 aliphatic heterocycles. The summed E-state index contributed by atoms with van der Waals surface area (Å²) in [6, 6.07) is 11.8. The fourth-order valence-corrected chi connectivity index (χ4v) is 3.89. The van der Waals surface area contributed by atoms with Crippen molar-refractivity contribution in [2.75, 3.05) is 0 Å². The van der Waals surface area contributed by atoms with Crippen molar-refractivity contribution in [3.05, 3.63) is 63.1 Å². The molecule has 0 N–H and O–H groups in total. The summed E-state index contributed by atoms with van der Waals surface area (Å²) in [6.07, 6.45) is 0. The molecule has 2 aromatic carbocycles. The summed E-state index contributed by atoms with van der Waals surface area (Å²) < 4.78 is 6.12. The van der Waals surface area contributed by atoms with Gasteiger partial charge in [0, 0.05) is 32.5 Å². The van der Waals surface area contributed by atoms with Gasteiger partial charge in [0.05, 0.1) is 0 Å². The monoisotopic (exact) mass is 434 g/mol. The topological polar surface area (TPSA) is 60.4 Å². The molecule has 0 aliphatic carbocycles. The molecule has 3 atom stereocenters. The first kappa shape index (κ1) is 18.8. The number of carbonyl (C=O) groups is 3. The number of ketones is 2. The third kappa shape index (κ3) is 3.46. The minimum Gasteiger partial charge on any atom is -0.426 e. The highest BCUT2D eigenvalue weighted by Gasteiger charge is 2.45. The van der Waals surface area contributed by atoms with Crippen molar-refractivity contribution in [2.24, 2.45) is 11.8 Å². The minimum atomic E-state index is -1.01. The minimum absolute atomic E-state index is 0.154. The van der Waals surface area contributed by atoms with Crippen molar-refractivity contribution in [2.45, 2.75) is 19.8 Å². The van der Waals surface area contributed by atoms with E-state index in [0.717, 1.165) is 4.47 Å². The number of hydrogen-bond acceptors (Lipinski definition) is 4. The average Bonchev–Trinajstić information content (AvgIpc) is 2.60. The highest BCUT2D eigenvalue weighted by atomic mass is 79.9. The van der Waals surface area contributed by atoms with Gasteiger partial charge in [-0.15, -0.1) is 0 Å². The summed E-state index contributed by atoms with van der Waals surface area (Å²) in [6.45, 7) is 3.09. The molecule has 1 aliphatic rings. The van der Waals surface area contributed by atoms with E-state index in [2.05, 4.69) is 15.9 Å². The Morgan fingerprint density at radius 3 is 2.42 bits per heavy atom. The fourth-order valence-electron chi connectivity index (χ4n) is 3.39. The number of fused-ring (bicyclic) bond motifs is 1. The summed E-state index contributed by atoms with van der Waals surface area (Å²) >= 11 is 9.29. The van der Waals surface area contributed by atoms with E-state index in [4.69, 9.17) is 16.3 Å². The molecule has 0 fully saturated rings. The van der Waals surface area contributed by atoms with Crippen molar-refractivity contribution >= 4 is 45.1 Å². The molecular weight excluding hydrogens is 420 g/mol. The number of esters is 1. The summed E-state index contributed by atoms with van der Waals surface area (Å²) in [4.78, 5) is 37.6. The van der Waals surface area contributed by atoms with Crippen LogP contribution in [0.25, 0.3) is 0 Å². The van der Waals surface area contributed by atoms with Crippen molar-refractivity contribution < 1.29 is 19.1 Å². The van der Waals surface area contributed by atoms with E-state index in [1.54, 1.807) is 49.4 Å². The van der Waals surface area contributed by atoms with E-state index < -0.39 is 23.7 Å². The molecule has 4 nitrogen and oxygen atoms in total.